The fourth-order valence-corrected chi connectivity index (χ4v) is 2.16. The zero-order valence-electron chi connectivity index (χ0n) is 9.35. The van der Waals surface area contributed by atoms with Crippen LogP contribution < -0.4 is 10.6 Å². The predicted molar refractivity (Wildman–Crippen MR) is 67.3 cm³/mol. The molecule has 0 radical (unpaired) electrons. The maximum absolute atomic E-state index is 12.5. The average molecular weight is 301 g/mol. The smallest absolute Gasteiger partial charge is 0.314 e. The van der Waals surface area contributed by atoms with Crippen LogP contribution in [0.3, 0.4) is 0 Å². The van der Waals surface area contributed by atoms with Gasteiger partial charge in [0.1, 0.15) is 0 Å². The van der Waals surface area contributed by atoms with Crippen molar-refractivity contribution in [1.29, 1.82) is 0 Å². The van der Waals surface area contributed by atoms with Crippen molar-refractivity contribution in [3.63, 3.8) is 0 Å². The summed E-state index contributed by atoms with van der Waals surface area (Å²) in [4.78, 5) is 0. The lowest BCUT2D eigenvalue weighted by Crippen LogP contribution is -2.42. The minimum atomic E-state index is -4.39. The summed E-state index contributed by atoms with van der Waals surface area (Å²) in [6.07, 6.45) is -4.39. The second kappa shape index (κ2) is 6.10. The van der Waals surface area contributed by atoms with Crippen LogP contribution in [0, 0.1) is 0 Å². The zero-order chi connectivity index (χ0) is 12.5. The van der Waals surface area contributed by atoms with Gasteiger partial charge in [-0.25, -0.2) is 0 Å². The van der Waals surface area contributed by atoms with Crippen LogP contribution >= 0.6 is 24.0 Å². The van der Waals surface area contributed by atoms with Crippen LogP contribution in [0.2, 0.25) is 5.02 Å². The third-order valence-corrected chi connectivity index (χ3v) is 3.05. The molecule has 0 amide bonds. The Morgan fingerprint density at radius 1 is 1.22 bits per heavy atom. The molecule has 1 heterocycles. The monoisotopic (exact) mass is 300 g/mol. The maximum Gasteiger partial charge on any atom is 0.417 e. The summed E-state index contributed by atoms with van der Waals surface area (Å²) >= 11 is 5.67. The standard InChI is InChI=1S/C11H12ClF3N2.ClH/c12-9-5-7(10-6-16-3-4-17-10)1-2-8(9)11(13,14)15;/h1-2,5,10,16-17H,3-4,6H2;1H/t10-;/m0./s1. The van der Waals surface area contributed by atoms with Crippen LogP contribution in [-0.4, -0.2) is 19.6 Å². The molecule has 0 unspecified atom stereocenters. The van der Waals surface area contributed by atoms with Crippen LogP contribution in [-0.2, 0) is 6.18 Å². The van der Waals surface area contributed by atoms with Gasteiger partial charge in [-0.05, 0) is 17.7 Å². The van der Waals surface area contributed by atoms with E-state index >= 15 is 0 Å². The fourth-order valence-electron chi connectivity index (χ4n) is 1.87. The molecule has 0 bridgehead atoms. The van der Waals surface area contributed by atoms with E-state index in [0.29, 0.717) is 6.54 Å². The number of nitrogens with one attached hydrogen (secondary N) is 2. The lowest BCUT2D eigenvalue weighted by Gasteiger charge is -2.25. The van der Waals surface area contributed by atoms with Crippen molar-refractivity contribution in [3.05, 3.63) is 34.3 Å². The molecule has 1 saturated heterocycles. The van der Waals surface area contributed by atoms with E-state index in [1.807, 2.05) is 0 Å². The van der Waals surface area contributed by atoms with E-state index in [-0.39, 0.29) is 23.5 Å². The van der Waals surface area contributed by atoms with Gasteiger partial charge in [-0.2, -0.15) is 13.2 Å². The second-order valence-electron chi connectivity index (χ2n) is 3.95. The zero-order valence-corrected chi connectivity index (χ0v) is 10.9. The summed E-state index contributed by atoms with van der Waals surface area (Å²) in [5.41, 5.74) is -0.0121. The van der Waals surface area contributed by atoms with Crippen molar-refractivity contribution in [2.24, 2.45) is 0 Å². The van der Waals surface area contributed by atoms with Crippen LogP contribution in [0.4, 0.5) is 13.2 Å². The van der Waals surface area contributed by atoms with Crippen LogP contribution in [0.15, 0.2) is 18.2 Å². The SMILES string of the molecule is Cl.FC(F)(F)c1ccc([C@@H]2CNCCN2)cc1Cl. The highest BCUT2D eigenvalue weighted by Gasteiger charge is 2.33. The van der Waals surface area contributed by atoms with E-state index in [0.717, 1.165) is 24.7 Å². The van der Waals surface area contributed by atoms with E-state index in [4.69, 9.17) is 11.6 Å². The fraction of sp³-hybridized carbons (Fsp3) is 0.455. The molecular formula is C11H13Cl2F3N2. The molecule has 1 aliphatic heterocycles. The highest BCUT2D eigenvalue weighted by Crippen LogP contribution is 2.35. The Balaban J connectivity index is 0.00000162. The largest absolute Gasteiger partial charge is 0.417 e. The molecule has 0 aliphatic carbocycles. The molecule has 0 saturated carbocycles. The van der Waals surface area contributed by atoms with E-state index in [1.165, 1.54) is 12.1 Å². The molecule has 2 nitrogen and oxygen atoms in total. The van der Waals surface area contributed by atoms with Crippen molar-refractivity contribution < 1.29 is 13.2 Å². The Morgan fingerprint density at radius 2 is 1.94 bits per heavy atom. The van der Waals surface area contributed by atoms with Crippen molar-refractivity contribution in [2.75, 3.05) is 19.6 Å². The summed E-state index contributed by atoms with van der Waals surface area (Å²) in [6.45, 7) is 2.36. The first-order valence-corrected chi connectivity index (χ1v) is 5.67. The molecule has 2 N–H and O–H groups in total. The normalized spacial score (nSPS) is 20.3. The number of alkyl halides is 3. The molecule has 102 valence electrons. The van der Waals surface area contributed by atoms with Gasteiger partial charge in [0, 0.05) is 25.7 Å². The summed E-state index contributed by atoms with van der Waals surface area (Å²) < 4.78 is 37.5. The quantitative estimate of drug-likeness (QED) is 0.833. The molecule has 1 aromatic carbocycles. The van der Waals surface area contributed by atoms with Crippen molar-refractivity contribution in [1.82, 2.24) is 10.6 Å². The maximum atomic E-state index is 12.5. The van der Waals surface area contributed by atoms with E-state index in [1.54, 1.807) is 0 Å². The molecule has 1 fully saturated rings. The van der Waals surface area contributed by atoms with E-state index in [9.17, 15) is 13.2 Å². The summed E-state index contributed by atoms with van der Waals surface area (Å²) in [6, 6.07) is 3.91. The first-order chi connectivity index (χ1) is 7.98. The van der Waals surface area contributed by atoms with Gasteiger partial charge in [-0.3, -0.25) is 0 Å². The van der Waals surface area contributed by atoms with Crippen LogP contribution in [0.5, 0.6) is 0 Å². The van der Waals surface area contributed by atoms with Gasteiger partial charge >= 0.3 is 6.18 Å². The van der Waals surface area contributed by atoms with Crippen molar-refractivity contribution in [2.45, 2.75) is 12.2 Å². The van der Waals surface area contributed by atoms with Gasteiger partial charge in [0.2, 0.25) is 0 Å². The first-order valence-electron chi connectivity index (χ1n) is 5.29. The molecule has 18 heavy (non-hydrogen) atoms. The van der Waals surface area contributed by atoms with E-state index < -0.39 is 11.7 Å². The number of rotatable bonds is 1. The van der Waals surface area contributed by atoms with Gasteiger partial charge in [-0.15, -0.1) is 12.4 Å². The molecular weight excluding hydrogens is 288 g/mol. The summed E-state index contributed by atoms with van der Waals surface area (Å²) in [5, 5.41) is 6.14. The van der Waals surface area contributed by atoms with Gasteiger partial charge < -0.3 is 10.6 Å². The van der Waals surface area contributed by atoms with Gasteiger partial charge in [0.05, 0.1) is 10.6 Å². The number of halogens is 5. The Bertz CT molecular complexity index is 404. The van der Waals surface area contributed by atoms with Crippen molar-refractivity contribution in [3.8, 4) is 0 Å². The topological polar surface area (TPSA) is 24.1 Å². The lowest BCUT2D eigenvalue weighted by atomic mass is 10.0. The summed E-state index contributed by atoms with van der Waals surface area (Å²) in [7, 11) is 0. The Morgan fingerprint density at radius 3 is 2.44 bits per heavy atom. The minimum absolute atomic E-state index is 0. The second-order valence-corrected chi connectivity index (χ2v) is 4.36. The molecule has 2 rings (SSSR count). The van der Waals surface area contributed by atoms with Crippen LogP contribution in [0.25, 0.3) is 0 Å². The Hall–Kier alpha value is -0.490. The number of benzene rings is 1. The van der Waals surface area contributed by atoms with Gasteiger partial charge in [0.15, 0.2) is 0 Å². The molecule has 7 heteroatoms. The molecule has 1 atom stereocenters. The lowest BCUT2D eigenvalue weighted by molar-refractivity contribution is -0.137. The number of hydrogen-bond donors (Lipinski definition) is 2. The van der Waals surface area contributed by atoms with E-state index in [2.05, 4.69) is 10.6 Å². The Kier molecular flexibility index (Phi) is 5.28. The van der Waals surface area contributed by atoms with Crippen LogP contribution in [0.1, 0.15) is 17.2 Å². The predicted octanol–water partition coefficient (Wildman–Crippen LogP) is 3.01. The molecule has 0 spiro atoms. The highest BCUT2D eigenvalue weighted by atomic mass is 35.5. The number of piperazine rings is 1. The summed E-state index contributed by atoms with van der Waals surface area (Å²) in [5.74, 6) is 0. The first kappa shape index (κ1) is 15.6. The number of hydrogen-bond acceptors (Lipinski definition) is 2. The third-order valence-electron chi connectivity index (χ3n) is 2.74. The minimum Gasteiger partial charge on any atom is -0.314 e. The van der Waals surface area contributed by atoms with Gasteiger partial charge in [-0.1, -0.05) is 17.7 Å². The van der Waals surface area contributed by atoms with Gasteiger partial charge in [0.25, 0.3) is 0 Å². The molecule has 1 aliphatic rings. The third kappa shape index (κ3) is 3.51. The van der Waals surface area contributed by atoms with Crippen molar-refractivity contribution >= 4 is 24.0 Å². The molecule has 1 aromatic rings. The Labute approximate surface area is 114 Å². The highest BCUT2D eigenvalue weighted by molar-refractivity contribution is 6.31. The average Bonchev–Trinajstić information content (AvgIpc) is 2.28. The molecule has 0 aromatic heterocycles.